The first-order valence-electron chi connectivity index (χ1n) is 35.6. The summed E-state index contributed by atoms with van der Waals surface area (Å²) < 4.78 is 16.9. The zero-order valence-electron chi connectivity index (χ0n) is 53.9. The highest BCUT2D eigenvalue weighted by Gasteiger charge is 2.19. The zero-order valence-corrected chi connectivity index (χ0v) is 53.9. The second kappa shape index (κ2) is 68.9. The van der Waals surface area contributed by atoms with Gasteiger partial charge >= 0.3 is 17.9 Å². The molecular formula is C74H136O6. The monoisotopic (exact) mass is 1120 g/mol. The molecule has 0 spiro atoms. The average molecular weight is 1120 g/mol. The minimum Gasteiger partial charge on any atom is -0.462 e. The Bertz CT molecular complexity index is 1380. The number of carbonyl (C=O) groups is 3. The second-order valence-corrected chi connectivity index (χ2v) is 24.1. The third-order valence-electron chi connectivity index (χ3n) is 16.1. The molecule has 0 saturated heterocycles. The van der Waals surface area contributed by atoms with Gasteiger partial charge in [-0.25, -0.2) is 0 Å². The minimum absolute atomic E-state index is 0.0722. The Morgan fingerprint density at radius 1 is 0.263 bits per heavy atom. The Kier molecular flexibility index (Phi) is 66.6. The van der Waals surface area contributed by atoms with Crippen molar-refractivity contribution in [2.75, 3.05) is 13.2 Å². The number of carbonyl (C=O) groups excluding carboxylic acids is 3. The number of allylic oxidation sites excluding steroid dienone is 8. The minimum atomic E-state index is -0.774. The lowest BCUT2D eigenvalue weighted by Crippen LogP contribution is -2.30. The molecule has 6 heteroatoms. The van der Waals surface area contributed by atoms with E-state index < -0.39 is 6.10 Å². The molecule has 0 fully saturated rings. The van der Waals surface area contributed by atoms with Crippen molar-refractivity contribution in [3.8, 4) is 0 Å². The van der Waals surface area contributed by atoms with Crippen LogP contribution in [0.15, 0.2) is 48.6 Å². The first kappa shape index (κ1) is 77.4. The number of hydrogen-bond donors (Lipinski definition) is 0. The van der Waals surface area contributed by atoms with Crippen molar-refractivity contribution < 1.29 is 28.6 Å². The van der Waals surface area contributed by atoms with Crippen LogP contribution in [0.4, 0.5) is 0 Å². The Morgan fingerprint density at radius 2 is 0.487 bits per heavy atom. The molecule has 468 valence electrons. The molecule has 0 rings (SSSR count). The molecule has 0 bridgehead atoms. The van der Waals surface area contributed by atoms with E-state index in [0.29, 0.717) is 19.3 Å². The van der Waals surface area contributed by atoms with E-state index in [9.17, 15) is 14.4 Å². The number of rotatable bonds is 66. The van der Waals surface area contributed by atoms with Gasteiger partial charge < -0.3 is 14.2 Å². The van der Waals surface area contributed by atoms with Crippen LogP contribution in [0.2, 0.25) is 0 Å². The highest BCUT2D eigenvalue weighted by molar-refractivity contribution is 5.71. The molecular weight excluding hydrogens is 985 g/mol. The molecule has 0 aliphatic carbocycles. The Morgan fingerprint density at radius 3 is 0.762 bits per heavy atom. The van der Waals surface area contributed by atoms with Gasteiger partial charge in [0.15, 0.2) is 6.10 Å². The SMILES string of the molecule is CC/C=C\C/C=C\C/C=C\C/C=C\CCCCCCCCCCC(=O)OC(COC(=O)CCCCCCCCC)COC(=O)CCCCCCCCCCCCCCCCCCCCCCCCCCCCCCCCCCCC. The summed E-state index contributed by atoms with van der Waals surface area (Å²) in [4.78, 5) is 38.1. The van der Waals surface area contributed by atoms with Crippen molar-refractivity contribution in [2.45, 2.75) is 393 Å². The molecule has 1 unspecified atom stereocenters. The van der Waals surface area contributed by atoms with E-state index in [4.69, 9.17) is 14.2 Å². The van der Waals surface area contributed by atoms with Crippen molar-refractivity contribution in [3.63, 3.8) is 0 Å². The lowest BCUT2D eigenvalue weighted by atomic mass is 10.0. The van der Waals surface area contributed by atoms with E-state index in [2.05, 4.69) is 69.4 Å². The number of hydrogen-bond acceptors (Lipinski definition) is 6. The van der Waals surface area contributed by atoms with Crippen molar-refractivity contribution in [1.29, 1.82) is 0 Å². The summed E-state index contributed by atoms with van der Waals surface area (Å²) >= 11 is 0. The first-order valence-corrected chi connectivity index (χ1v) is 35.6. The zero-order chi connectivity index (χ0) is 57.8. The first-order chi connectivity index (χ1) is 39.5. The van der Waals surface area contributed by atoms with Crippen molar-refractivity contribution in [2.24, 2.45) is 0 Å². The summed E-state index contributed by atoms with van der Waals surface area (Å²) in [7, 11) is 0. The normalized spacial score (nSPS) is 12.3. The predicted octanol–water partition coefficient (Wildman–Crippen LogP) is 24.5. The lowest BCUT2D eigenvalue weighted by Gasteiger charge is -2.18. The van der Waals surface area contributed by atoms with Crippen LogP contribution in [0, 0.1) is 0 Å². The third-order valence-corrected chi connectivity index (χ3v) is 16.1. The molecule has 6 nitrogen and oxygen atoms in total. The largest absolute Gasteiger partial charge is 0.462 e. The molecule has 0 heterocycles. The maximum Gasteiger partial charge on any atom is 0.306 e. The summed E-state index contributed by atoms with van der Waals surface area (Å²) in [6, 6.07) is 0. The summed E-state index contributed by atoms with van der Waals surface area (Å²) in [5.41, 5.74) is 0. The van der Waals surface area contributed by atoms with E-state index in [1.165, 1.54) is 257 Å². The van der Waals surface area contributed by atoms with Gasteiger partial charge in [0.2, 0.25) is 0 Å². The van der Waals surface area contributed by atoms with E-state index in [-0.39, 0.29) is 31.1 Å². The van der Waals surface area contributed by atoms with Gasteiger partial charge in [-0.05, 0) is 57.8 Å². The fourth-order valence-corrected chi connectivity index (χ4v) is 10.8. The maximum atomic E-state index is 12.9. The Balaban J connectivity index is 3.96. The van der Waals surface area contributed by atoms with Crippen LogP contribution < -0.4 is 0 Å². The van der Waals surface area contributed by atoms with Gasteiger partial charge in [-0.1, -0.05) is 358 Å². The molecule has 0 aliphatic heterocycles. The van der Waals surface area contributed by atoms with E-state index in [0.717, 1.165) is 89.9 Å². The number of unbranched alkanes of at least 4 members (excludes halogenated alkanes) is 47. The van der Waals surface area contributed by atoms with Gasteiger partial charge in [-0.3, -0.25) is 14.4 Å². The van der Waals surface area contributed by atoms with Gasteiger partial charge in [0.25, 0.3) is 0 Å². The quantitative estimate of drug-likeness (QED) is 0.0261. The van der Waals surface area contributed by atoms with Crippen LogP contribution >= 0.6 is 0 Å². The number of esters is 3. The fourth-order valence-electron chi connectivity index (χ4n) is 10.8. The Labute approximate surface area is 498 Å². The fraction of sp³-hybridized carbons (Fsp3) is 0.851. The van der Waals surface area contributed by atoms with Gasteiger partial charge in [0.1, 0.15) is 13.2 Å². The summed E-state index contributed by atoms with van der Waals surface area (Å²) in [5, 5.41) is 0. The van der Waals surface area contributed by atoms with Crippen molar-refractivity contribution >= 4 is 17.9 Å². The van der Waals surface area contributed by atoms with E-state index in [1.54, 1.807) is 0 Å². The number of ether oxygens (including phenoxy) is 3. The molecule has 0 saturated carbocycles. The lowest BCUT2D eigenvalue weighted by molar-refractivity contribution is -0.167. The molecule has 0 radical (unpaired) electrons. The van der Waals surface area contributed by atoms with Crippen LogP contribution in [0.5, 0.6) is 0 Å². The third kappa shape index (κ3) is 66.2. The van der Waals surface area contributed by atoms with Crippen LogP contribution in [-0.4, -0.2) is 37.2 Å². The summed E-state index contributed by atoms with van der Waals surface area (Å²) in [6.07, 6.45) is 87.6. The standard InChI is InChI=1S/C74H136O6/c1-4-7-10-13-16-18-20-22-24-26-28-30-31-32-33-34-35-36-37-38-39-40-41-42-44-45-47-49-51-53-55-58-61-64-67-73(76)79-70-71(69-78-72(75)66-63-60-57-15-12-9-6-3)80-74(77)68-65-62-59-56-54-52-50-48-46-43-29-27-25-23-21-19-17-14-11-8-5-2/h8,11,17,19,23,25,29,43,71H,4-7,9-10,12-16,18,20-22,24,26-28,30-42,44-70H2,1-3H3/b11-8-,19-17-,25-23-,43-29-. The van der Waals surface area contributed by atoms with Crippen LogP contribution in [0.1, 0.15) is 387 Å². The van der Waals surface area contributed by atoms with Crippen LogP contribution in [0.3, 0.4) is 0 Å². The molecule has 0 aliphatic rings. The van der Waals surface area contributed by atoms with Crippen molar-refractivity contribution in [3.05, 3.63) is 48.6 Å². The molecule has 0 aromatic carbocycles. The average Bonchev–Trinajstić information content (AvgIpc) is 3.46. The van der Waals surface area contributed by atoms with Gasteiger partial charge in [0, 0.05) is 19.3 Å². The maximum absolute atomic E-state index is 12.9. The molecule has 1 atom stereocenters. The van der Waals surface area contributed by atoms with E-state index in [1.807, 2.05) is 0 Å². The van der Waals surface area contributed by atoms with E-state index >= 15 is 0 Å². The van der Waals surface area contributed by atoms with Crippen molar-refractivity contribution in [1.82, 2.24) is 0 Å². The molecule has 0 N–H and O–H groups in total. The highest BCUT2D eigenvalue weighted by atomic mass is 16.6. The van der Waals surface area contributed by atoms with Gasteiger partial charge in [-0.15, -0.1) is 0 Å². The predicted molar refractivity (Wildman–Crippen MR) is 349 cm³/mol. The summed E-state index contributed by atoms with van der Waals surface area (Å²) in [5.74, 6) is -0.866. The molecule has 0 aromatic rings. The van der Waals surface area contributed by atoms with Crippen LogP contribution in [-0.2, 0) is 28.6 Å². The van der Waals surface area contributed by atoms with Crippen LogP contribution in [0.25, 0.3) is 0 Å². The molecule has 80 heavy (non-hydrogen) atoms. The van der Waals surface area contributed by atoms with Gasteiger partial charge in [0.05, 0.1) is 0 Å². The smallest absolute Gasteiger partial charge is 0.306 e. The van der Waals surface area contributed by atoms with Gasteiger partial charge in [-0.2, -0.15) is 0 Å². The summed E-state index contributed by atoms with van der Waals surface area (Å²) in [6.45, 7) is 6.54. The molecule has 0 amide bonds. The second-order valence-electron chi connectivity index (χ2n) is 24.1. The molecule has 0 aromatic heterocycles. The topological polar surface area (TPSA) is 78.9 Å². The Hall–Kier alpha value is -2.63. The highest BCUT2D eigenvalue weighted by Crippen LogP contribution is 2.19.